The van der Waals surface area contributed by atoms with Crippen molar-refractivity contribution in [2.45, 2.75) is 19.9 Å². The van der Waals surface area contributed by atoms with Crippen LogP contribution in [0.25, 0.3) is 0 Å². The highest BCUT2D eigenvalue weighted by Gasteiger charge is 2.01. The number of nitrogens with zero attached hydrogens (tertiary/aromatic N) is 2. The molecule has 0 saturated heterocycles. The van der Waals surface area contributed by atoms with Crippen molar-refractivity contribution in [3.05, 3.63) is 35.9 Å². The van der Waals surface area contributed by atoms with E-state index in [4.69, 9.17) is 5.26 Å². The number of aliphatic imine (C=N–C) groups is 1. The maximum atomic E-state index is 8.38. The second-order valence-corrected chi connectivity index (χ2v) is 3.04. The molecule has 0 heterocycles. The molecule has 72 valence electrons. The first kappa shape index (κ1) is 10.3. The Balaban J connectivity index is 2.73. The Kier molecular flexibility index (Phi) is 3.69. The summed E-state index contributed by atoms with van der Waals surface area (Å²) in [6.45, 7) is 3.78. The van der Waals surface area contributed by atoms with Gasteiger partial charge < -0.3 is 0 Å². The summed E-state index contributed by atoms with van der Waals surface area (Å²) in [5.41, 5.74) is 1.14. The first-order chi connectivity index (χ1) is 6.74. The van der Waals surface area contributed by atoms with Gasteiger partial charge in [0, 0.05) is 0 Å². The van der Waals surface area contributed by atoms with Crippen molar-refractivity contribution in [1.29, 1.82) is 5.26 Å². The molecule has 0 spiro atoms. The molecule has 0 bridgehead atoms. The van der Waals surface area contributed by atoms with Gasteiger partial charge >= 0.3 is 0 Å². The Hall–Kier alpha value is -1.82. The van der Waals surface area contributed by atoms with E-state index in [2.05, 4.69) is 10.3 Å². The van der Waals surface area contributed by atoms with Crippen molar-refractivity contribution in [2.75, 3.05) is 0 Å². The highest BCUT2D eigenvalue weighted by atomic mass is 15.0. The highest BCUT2D eigenvalue weighted by Crippen LogP contribution is 2.15. The number of hydrogen-bond donors (Lipinski definition) is 1. The molecule has 1 aromatic rings. The number of rotatable bonds is 2. The van der Waals surface area contributed by atoms with E-state index >= 15 is 0 Å². The lowest BCUT2D eigenvalue weighted by Crippen LogP contribution is -2.14. The molecule has 0 fully saturated rings. The van der Waals surface area contributed by atoms with Crippen LogP contribution in [-0.2, 0) is 0 Å². The van der Waals surface area contributed by atoms with Crippen LogP contribution in [0, 0.1) is 11.5 Å². The Bertz CT molecular complexity index is 349. The Morgan fingerprint density at radius 3 is 2.64 bits per heavy atom. The van der Waals surface area contributed by atoms with E-state index < -0.39 is 0 Å². The summed E-state index contributed by atoms with van der Waals surface area (Å²) in [5.74, 6) is 0.642. The third-order valence-corrected chi connectivity index (χ3v) is 1.91. The zero-order valence-electron chi connectivity index (χ0n) is 8.36. The maximum Gasteiger partial charge on any atom is 0.182 e. The predicted molar refractivity (Wildman–Crippen MR) is 56.7 cm³/mol. The molecule has 3 nitrogen and oxygen atoms in total. The van der Waals surface area contributed by atoms with E-state index in [0.717, 1.165) is 5.56 Å². The molecule has 0 amide bonds. The first-order valence-corrected chi connectivity index (χ1v) is 4.48. The molecule has 0 aliphatic rings. The van der Waals surface area contributed by atoms with E-state index in [9.17, 15) is 0 Å². The van der Waals surface area contributed by atoms with Crippen LogP contribution >= 0.6 is 0 Å². The number of benzene rings is 1. The molecular formula is C11H13N3. The molecule has 0 aromatic heterocycles. The van der Waals surface area contributed by atoms with Crippen LogP contribution in [0.1, 0.15) is 25.5 Å². The molecule has 14 heavy (non-hydrogen) atoms. The fourth-order valence-corrected chi connectivity index (χ4v) is 1.21. The van der Waals surface area contributed by atoms with Gasteiger partial charge in [-0.3, -0.25) is 10.3 Å². The van der Waals surface area contributed by atoms with Gasteiger partial charge in [0.15, 0.2) is 6.19 Å². The quantitative estimate of drug-likeness (QED) is 0.334. The van der Waals surface area contributed by atoms with Gasteiger partial charge in [0.25, 0.3) is 0 Å². The Morgan fingerprint density at radius 2 is 2.07 bits per heavy atom. The fourth-order valence-electron chi connectivity index (χ4n) is 1.21. The molecule has 0 saturated carbocycles. The molecule has 1 aromatic carbocycles. The van der Waals surface area contributed by atoms with Crippen molar-refractivity contribution in [3.63, 3.8) is 0 Å². The lowest BCUT2D eigenvalue weighted by atomic mass is 10.1. The second-order valence-electron chi connectivity index (χ2n) is 3.04. The van der Waals surface area contributed by atoms with E-state index in [1.54, 1.807) is 6.92 Å². The van der Waals surface area contributed by atoms with Gasteiger partial charge in [-0.1, -0.05) is 30.3 Å². The summed E-state index contributed by atoms with van der Waals surface area (Å²) >= 11 is 0. The summed E-state index contributed by atoms with van der Waals surface area (Å²) in [6.07, 6.45) is 1.84. The number of nitrogens with one attached hydrogen (secondary N) is 1. The van der Waals surface area contributed by atoms with Crippen LogP contribution in [0.2, 0.25) is 0 Å². The highest BCUT2D eigenvalue weighted by molar-refractivity contribution is 5.81. The van der Waals surface area contributed by atoms with E-state index in [1.807, 2.05) is 43.4 Å². The van der Waals surface area contributed by atoms with Crippen LogP contribution in [0.3, 0.4) is 0 Å². The van der Waals surface area contributed by atoms with E-state index in [-0.39, 0.29) is 6.04 Å². The van der Waals surface area contributed by atoms with Gasteiger partial charge in [0.05, 0.1) is 6.04 Å². The van der Waals surface area contributed by atoms with Crippen LogP contribution in [0.5, 0.6) is 0 Å². The molecular weight excluding hydrogens is 174 g/mol. The third kappa shape index (κ3) is 2.91. The summed E-state index contributed by atoms with van der Waals surface area (Å²) in [4.78, 5) is 4.32. The van der Waals surface area contributed by atoms with Gasteiger partial charge in [-0.25, -0.2) is 0 Å². The lowest BCUT2D eigenvalue weighted by molar-refractivity contribution is 0.812. The minimum absolute atomic E-state index is 0.0806. The maximum absolute atomic E-state index is 8.38. The van der Waals surface area contributed by atoms with Crippen molar-refractivity contribution < 1.29 is 0 Å². The topological polar surface area (TPSA) is 48.2 Å². The van der Waals surface area contributed by atoms with Crippen molar-refractivity contribution in [3.8, 4) is 6.19 Å². The number of nitriles is 1. The van der Waals surface area contributed by atoms with Crippen LogP contribution in [-0.4, -0.2) is 5.84 Å². The Labute approximate surface area is 84.1 Å². The van der Waals surface area contributed by atoms with Crippen molar-refractivity contribution >= 4 is 5.84 Å². The summed E-state index contributed by atoms with van der Waals surface area (Å²) in [5, 5.41) is 10.9. The summed E-state index contributed by atoms with van der Waals surface area (Å²) in [7, 11) is 0. The predicted octanol–water partition coefficient (Wildman–Crippen LogP) is 2.24. The second kappa shape index (κ2) is 5.03. The minimum Gasteiger partial charge on any atom is -0.281 e. The molecule has 3 heteroatoms. The van der Waals surface area contributed by atoms with Gasteiger partial charge in [-0.15, -0.1) is 0 Å². The van der Waals surface area contributed by atoms with E-state index in [1.165, 1.54) is 0 Å². The standard InChI is InChI=1S/C11H13N3/c1-9(14-10(2)13-8-12)11-6-4-3-5-7-11/h3-7,9H,1-2H3,(H,13,14)/t9-/m1/s1. The monoisotopic (exact) mass is 187 g/mol. The zero-order valence-corrected chi connectivity index (χ0v) is 8.36. The molecule has 0 unspecified atom stereocenters. The minimum atomic E-state index is 0.0806. The first-order valence-electron chi connectivity index (χ1n) is 4.48. The summed E-state index contributed by atoms with van der Waals surface area (Å²) < 4.78 is 0. The zero-order chi connectivity index (χ0) is 10.4. The molecule has 1 rings (SSSR count). The van der Waals surface area contributed by atoms with Crippen molar-refractivity contribution in [1.82, 2.24) is 5.32 Å². The third-order valence-electron chi connectivity index (χ3n) is 1.91. The lowest BCUT2D eigenvalue weighted by Gasteiger charge is -2.07. The average Bonchev–Trinajstić information content (AvgIpc) is 2.19. The van der Waals surface area contributed by atoms with Gasteiger partial charge in [0.1, 0.15) is 5.84 Å². The molecule has 0 aliphatic heterocycles. The normalized spacial score (nSPS) is 13.1. The molecule has 0 aliphatic carbocycles. The smallest absolute Gasteiger partial charge is 0.182 e. The molecule has 1 atom stereocenters. The SMILES string of the molecule is CC(=N[C@H](C)c1ccccc1)NC#N. The van der Waals surface area contributed by atoms with Crippen LogP contribution in [0.15, 0.2) is 35.3 Å². The van der Waals surface area contributed by atoms with Crippen LogP contribution < -0.4 is 5.32 Å². The molecule has 0 radical (unpaired) electrons. The van der Waals surface area contributed by atoms with Gasteiger partial charge in [-0.05, 0) is 19.4 Å². The van der Waals surface area contributed by atoms with Crippen LogP contribution in [0.4, 0.5) is 0 Å². The average molecular weight is 187 g/mol. The molecule has 1 N–H and O–H groups in total. The fraction of sp³-hybridized carbons (Fsp3) is 0.273. The number of amidine groups is 1. The van der Waals surface area contributed by atoms with Crippen molar-refractivity contribution in [2.24, 2.45) is 4.99 Å². The van der Waals surface area contributed by atoms with Gasteiger partial charge in [-0.2, -0.15) is 5.26 Å². The Morgan fingerprint density at radius 1 is 1.43 bits per heavy atom. The largest absolute Gasteiger partial charge is 0.281 e. The van der Waals surface area contributed by atoms with Gasteiger partial charge in [0.2, 0.25) is 0 Å². The number of hydrogen-bond acceptors (Lipinski definition) is 2. The summed E-state index contributed by atoms with van der Waals surface area (Å²) in [6, 6.07) is 10.1. The van der Waals surface area contributed by atoms with E-state index in [0.29, 0.717) is 5.84 Å².